The molecule has 0 unspecified atom stereocenters. The molecule has 30 heavy (non-hydrogen) atoms. The molecule has 0 aliphatic carbocycles. The fourth-order valence-electron chi connectivity index (χ4n) is 3.47. The molecule has 1 fully saturated rings. The highest BCUT2D eigenvalue weighted by Crippen LogP contribution is 2.21. The molecule has 0 spiro atoms. The average Bonchev–Trinajstić information content (AvgIpc) is 3.12. The van der Waals surface area contributed by atoms with Gasteiger partial charge < -0.3 is 9.73 Å². The van der Waals surface area contributed by atoms with E-state index in [1.165, 1.54) is 0 Å². The molecule has 2 heterocycles. The zero-order chi connectivity index (χ0) is 20.9. The van der Waals surface area contributed by atoms with Crippen LogP contribution in [0.15, 0.2) is 65.2 Å². The lowest BCUT2D eigenvalue weighted by Crippen LogP contribution is -2.48. The zero-order valence-corrected chi connectivity index (χ0v) is 18.0. The molecular weight excluding hydrogens is 420 g/mol. The molecule has 1 saturated heterocycles. The van der Waals surface area contributed by atoms with Crippen molar-refractivity contribution in [1.82, 2.24) is 14.4 Å². The van der Waals surface area contributed by atoms with Crippen molar-refractivity contribution in [3.05, 3.63) is 70.7 Å². The Morgan fingerprint density at radius 1 is 1.00 bits per heavy atom. The van der Waals surface area contributed by atoms with Gasteiger partial charge in [-0.2, -0.15) is 0 Å². The summed E-state index contributed by atoms with van der Waals surface area (Å²) < 4.78 is 7.71. The number of hydrogen-bond donors (Lipinski definition) is 1. The van der Waals surface area contributed by atoms with Gasteiger partial charge in [-0.05, 0) is 24.4 Å². The van der Waals surface area contributed by atoms with Crippen LogP contribution in [0.1, 0.15) is 0 Å². The standard InChI is InChI=1S/C22H23ClN4O2S/c23-18-8-4-5-9-19(18)24-21(28)15-25-10-12-26(13-11-25)16-27-14-20(29-22(27)30)17-6-2-1-3-7-17/h1-9,14H,10-13,15-16H2,(H,24,28). The maximum absolute atomic E-state index is 12.3. The van der Waals surface area contributed by atoms with E-state index in [2.05, 4.69) is 15.1 Å². The zero-order valence-electron chi connectivity index (χ0n) is 16.5. The summed E-state index contributed by atoms with van der Waals surface area (Å²) in [5.74, 6) is 0.719. The lowest BCUT2D eigenvalue weighted by molar-refractivity contribution is -0.117. The molecular formula is C22H23ClN4O2S. The van der Waals surface area contributed by atoms with E-state index in [9.17, 15) is 4.79 Å². The molecule has 1 amide bonds. The molecule has 0 radical (unpaired) electrons. The van der Waals surface area contributed by atoms with E-state index in [1.807, 2.05) is 53.2 Å². The van der Waals surface area contributed by atoms with Gasteiger partial charge in [-0.25, -0.2) is 0 Å². The van der Waals surface area contributed by atoms with Crippen LogP contribution in [0.25, 0.3) is 11.3 Å². The van der Waals surface area contributed by atoms with E-state index in [1.54, 1.807) is 12.1 Å². The SMILES string of the molecule is O=C(CN1CCN(Cn2cc(-c3ccccc3)oc2=S)CC1)Nc1ccccc1Cl. The van der Waals surface area contributed by atoms with Gasteiger partial charge in [0.2, 0.25) is 5.91 Å². The van der Waals surface area contributed by atoms with E-state index < -0.39 is 0 Å². The number of halogens is 1. The van der Waals surface area contributed by atoms with Crippen LogP contribution in [0.3, 0.4) is 0 Å². The van der Waals surface area contributed by atoms with Crippen molar-refractivity contribution in [2.45, 2.75) is 6.67 Å². The summed E-state index contributed by atoms with van der Waals surface area (Å²) in [4.78, 5) is 17.3. The van der Waals surface area contributed by atoms with E-state index in [-0.39, 0.29) is 5.91 Å². The molecule has 1 aliphatic rings. The first kappa shape index (κ1) is 20.8. The van der Waals surface area contributed by atoms with Crippen LogP contribution >= 0.6 is 23.8 Å². The van der Waals surface area contributed by atoms with E-state index in [0.717, 1.165) is 37.5 Å². The molecule has 0 atom stereocenters. The van der Waals surface area contributed by atoms with Gasteiger partial charge in [0.1, 0.15) is 0 Å². The second-order valence-corrected chi connectivity index (χ2v) is 8.02. The third-order valence-corrected chi connectivity index (χ3v) is 5.74. The summed E-state index contributed by atoms with van der Waals surface area (Å²) >= 11 is 11.5. The van der Waals surface area contributed by atoms with Crippen LogP contribution in [0.4, 0.5) is 5.69 Å². The fourth-order valence-corrected chi connectivity index (χ4v) is 3.85. The van der Waals surface area contributed by atoms with Gasteiger partial charge in [0.25, 0.3) is 4.84 Å². The number of carbonyl (C=O) groups is 1. The second kappa shape index (κ2) is 9.57. The van der Waals surface area contributed by atoms with Gasteiger partial charge in [-0.15, -0.1) is 0 Å². The molecule has 0 bridgehead atoms. The van der Waals surface area contributed by atoms with E-state index in [0.29, 0.717) is 28.8 Å². The maximum Gasteiger partial charge on any atom is 0.270 e. The van der Waals surface area contributed by atoms with Crippen LogP contribution in [-0.4, -0.2) is 53.0 Å². The van der Waals surface area contributed by atoms with Gasteiger partial charge >= 0.3 is 0 Å². The Morgan fingerprint density at radius 2 is 1.67 bits per heavy atom. The fraction of sp³-hybridized carbons (Fsp3) is 0.273. The Hall–Kier alpha value is -2.45. The van der Waals surface area contributed by atoms with Crippen molar-refractivity contribution in [3.63, 3.8) is 0 Å². The minimum Gasteiger partial charge on any atom is -0.429 e. The number of piperazine rings is 1. The Kier molecular flexibility index (Phi) is 6.64. The van der Waals surface area contributed by atoms with Gasteiger partial charge in [0, 0.05) is 31.7 Å². The highest BCUT2D eigenvalue weighted by atomic mass is 35.5. The molecule has 1 aliphatic heterocycles. The quantitative estimate of drug-likeness (QED) is 0.575. The van der Waals surface area contributed by atoms with Crippen LogP contribution in [0.2, 0.25) is 5.02 Å². The molecule has 1 N–H and O–H groups in total. The number of anilines is 1. The molecule has 1 aromatic heterocycles. The number of benzene rings is 2. The van der Waals surface area contributed by atoms with Gasteiger partial charge in [-0.1, -0.05) is 54.1 Å². The number of oxazole rings is 1. The summed E-state index contributed by atoms with van der Waals surface area (Å²) in [6.07, 6.45) is 1.96. The van der Waals surface area contributed by atoms with Gasteiger partial charge in [-0.3, -0.25) is 19.2 Å². The molecule has 6 nitrogen and oxygen atoms in total. The number of amides is 1. The molecule has 2 aromatic carbocycles. The van der Waals surface area contributed by atoms with Crippen molar-refractivity contribution in [2.24, 2.45) is 0 Å². The number of rotatable bonds is 6. The number of para-hydroxylation sites is 1. The summed E-state index contributed by atoms with van der Waals surface area (Å²) in [7, 11) is 0. The second-order valence-electron chi connectivity index (χ2n) is 7.26. The summed E-state index contributed by atoms with van der Waals surface area (Å²) in [5, 5.41) is 3.42. The number of aromatic nitrogens is 1. The smallest absolute Gasteiger partial charge is 0.270 e. The van der Waals surface area contributed by atoms with Gasteiger partial charge in [0.15, 0.2) is 5.76 Å². The number of carbonyl (C=O) groups excluding carboxylic acids is 1. The first-order chi connectivity index (χ1) is 14.6. The third kappa shape index (κ3) is 5.17. The van der Waals surface area contributed by atoms with Crippen molar-refractivity contribution < 1.29 is 9.21 Å². The minimum absolute atomic E-state index is 0.0545. The first-order valence-electron chi connectivity index (χ1n) is 9.83. The van der Waals surface area contributed by atoms with Crippen molar-refractivity contribution in [2.75, 3.05) is 38.0 Å². The highest BCUT2D eigenvalue weighted by Gasteiger charge is 2.20. The lowest BCUT2D eigenvalue weighted by atomic mass is 10.2. The molecule has 156 valence electrons. The Morgan fingerprint density at radius 3 is 2.40 bits per heavy atom. The summed E-state index contributed by atoms with van der Waals surface area (Å²) in [6, 6.07) is 17.2. The molecule has 8 heteroatoms. The van der Waals surface area contributed by atoms with Crippen LogP contribution in [0, 0.1) is 4.84 Å². The molecule has 3 aromatic rings. The average molecular weight is 443 g/mol. The predicted octanol–water partition coefficient (Wildman–Crippen LogP) is 4.34. The maximum atomic E-state index is 12.3. The number of nitrogens with one attached hydrogen (secondary N) is 1. The Bertz CT molecular complexity index is 1060. The lowest BCUT2D eigenvalue weighted by Gasteiger charge is -2.34. The molecule has 4 rings (SSSR count). The number of hydrogen-bond acceptors (Lipinski definition) is 5. The monoisotopic (exact) mass is 442 g/mol. The topological polar surface area (TPSA) is 53.7 Å². The Balaban J connectivity index is 1.28. The van der Waals surface area contributed by atoms with Crippen LogP contribution < -0.4 is 5.32 Å². The predicted molar refractivity (Wildman–Crippen MR) is 121 cm³/mol. The van der Waals surface area contributed by atoms with Crippen LogP contribution in [-0.2, 0) is 11.5 Å². The normalized spacial score (nSPS) is 15.2. The minimum atomic E-state index is -0.0545. The van der Waals surface area contributed by atoms with Gasteiger partial charge in [0.05, 0.1) is 30.1 Å². The number of nitrogens with zero attached hydrogens (tertiary/aromatic N) is 3. The van der Waals surface area contributed by atoms with E-state index in [4.69, 9.17) is 28.2 Å². The largest absolute Gasteiger partial charge is 0.429 e. The Labute approximate surface area is 185 Å². The van der Waals surface area contributed by atoms with Crippen LogP contribution in [0.5, 0.6) is 0 Å². The molecule has 0 saturated carbocycles. The van der Waals surface area contributed by atoms with Crippen molar-refractivity contribution in [1.29, 1.82) is 0 Å². The van der Waals surface area contributed by atoms with Crippen molar-refractivity contribution >= 4 is 35.4 Å². The third-order valence-electron chi connectivity index (χ3n) is 5.10. The highest BCUT2D eigenvalue weighted by molar-refractivity contribution is 7.71. The van der Waals surface area contributed by atoms with E-state index >= 15 is 0 Å². The summed E-state index contributed by atoms with van der Waals surface area (Å²) in [6.45, 7) is 4.36. The summed E-state index contributed by atoms with van der Waals surface area (Å²) in [5.41, 5.74) is 1.66. The van der Waals surface area contributed by atoms with Crippen molar-refractivity contribution in [3.8, 4) is 11.3 Å². The first-order valence-corrected chi connectivity index (χ1v) is 10.6.